The Morgan fingerprint density at radius 2 is 1.88 bits per heavy atom. The fourth-order valence-electron chi connectivity index (χ4n) is 4.47. The number of anilines is 3. The Labute approximate surface area is 190 Å². The molecule has 33 heavy (non-hydrogen) atoms. The van der Waals surface area contributed by atoms with Gasteiger partial charge in [0.25, 0.3) is 0 Å². The Hall–Kier alpha value is -4.27. The molecule has 0 radical (unpaired) electrons. The summed E-state index contributed by atoms with van der Waals surface area (Å²) in [6, 6.07) is 18.5. The van der Waals surface area contributed by atoms with E-state index >= 15 is 0 Å². The van der Waals surface area contributed by atoms with Crippen LogP contribution in [0.2, 0.25) is 0 Å². The van der Waals surface area contributed by atoms with E-state index in [2.05, 4.69) is 72.3 Å². The van der Waals surface area contributed by atoms with Crippen LogP contribution in [-0.4, -0.2) is 47.9 Å². The van der Waals surface area contributed by atoms with Gasteiger partial charge in [-0.15, -0.1) is 10.2 Å². The first-order chi connectivity index (χ1) is 16.2. The predicted molar refractivity (Wildman–Crippen MR) is 127 cm³/mol. The Morgan fingerprint density at radius 3 is 2.70 bits per heavy atom. The summed E-state index contributed by atoms with van der Waals surface area (Å²) in [4.78, 5) is 11.4. The molecule has 5 heterocycles. The molecule has 1 N–H and O–H groups in total. The van der Waals surface area contributed by atoms with Gasteiger partial charge in [-0.25, -0.2) is 9.97 Å². The molecule has 1 aliphatic rings. The number of aryl methyl sites for hydroxylation is 1. The summed E-state index contributed by atoms with van der Waals surface area (Å²) in [6.07, 6.45) is 4.42. The van der Waals surface area contributed by atoms with Crippen LogP contribution in [0.25, 0.3) is 16.9 Å². The molecule has 0 spiro atoms. The number of nitrogens with zero attached hydrogens (tertiary/aromatic N) is 8. The van der Waals surface area contributed by atoms with Crippen molar-refractivity contribution in [3.05, 3.63) is 78.4 Å². The average molecular weight is 438 g/mol. The molecule has 1 aromatic carbocycles. The Morgan fingerprint density at radius 1 is 1.00 bits per heavy atom. The molecule has 4 aromatic heterocycles. The van der Waals surface area contributed by atoms with Gasteiger partial charge in [-0.3, -0.25) is 9.08 Å². The lowest BCUT2D eigenvalue weighted by Crippen LogP contribution is -2.33. The Balaban J connectivity index is 1.36. The van der Waals surface area contributed by atoms with E-state index in [1.165, 1.54) is 5.56 Å². The number of benzene rings is 1. The van der Waals surface area contributed by atoms with Crippen LogP contribution >= 0.6 is 0 Å². The van der Waals surface area contributed by atoms with Crippen molar-refractivity contribution in [2.75, 3.05) is 23.8 Å². The summed E-state index contributed by atoms with van der Waals surface area (Å²) >= 11 is 0. The Kier molecular flexibility index (Phi) is 4.53. The van der Waals surface area contributed by atoms with Gasteiger partial charge in [0.05, 0.1) is 11.9 Å². The van der Waals surface area contributed by atoms with Crippen LogP contribution < -0.4 is 10.2 Å². The second-order valence-corrected chi connectivity index (χ2v) is 8.35. The lowest BCUT2D eigenvalue weighted by Gasteiger charge is -2.31. The summed E-state index contributed by atoms with van der Waals surface area (Å²) in [5, 5.41) is 16.5. The number of hydrogen-bond donors (Lipinski definition) is 1. The molecule has 1 aliphatic heterocycles. The van der Waals surface area contributed by atoms with Crippen molar-refractivity contribution >= 4 is 23.2 Å². The lowest BCUT2D eigenvalue weighted by atomic mass is 9.96. The maximum absolute atomic E-state index is 4.72. The molecule has 1 atom stereocenters. The zero-order valence-electron chi connectivity index (χ0n) is 18.4. The summed E-state index contributed by atoms with van der Waals surface area (Å²) in [5.41, 5.74) is 3.92. The molecule has 0 aliphatic carbocycles. The molecule has 9 nitrogen and oxygen atoms in total. The van der Waals surface area contributed by atoms with Crippen LogP contribution in [0.1, 0.15) is 17.3 Å². The standard InChI is InChI=1S/C24H23N9/c1-31-15-18(12-16-6-4-3-5-7-16)23-30-29-21-13-17(14-22(31)33(21)23)19-8-10-25-24(27-19)28-20-9-11-26-32(20)2/h3-11,13-14,18H,12,15H2,1-2H3,(H,25,27,28). The molecule has 9 heteroatoms. The van der Waals surface area contributed by atoms with Crippen LogP contribution in [0.15, 0.2) is 67.0 Å². The van der Waals surface area contributed by atoms with Crippen LogP contribution in [0.4, 0.5) is 17.6 Å². The van der Waals surface area contributed by atoms with Gasteiger partial charge in [0.1, 0.15) is 17.5 Å². The molecule has 6 rings (SSSR count). The van der Waals surface area contributed by atoms with E-state index in [9.17, 15) is 0 Å². The van der Waals surface area contributed by atoms with E-state index < -0.39 is 0 Å². The SMILES string of the molecule is CN1CC(Cc2ccccc2)c2nnc3cc(-c4ccnc(Nc5ccnn5C)n4)cc1n23. The van der Waals surface area contributed by atoms with Gasteiger partial charge in [0.2, 0.25) is 5.95 Å². The van der Waals surface area contributed by atoms with E-state index in [-0.39, 0.29) is 5.92 Å². The third kappa shape index (κ3) is 3.47. The molecule has 0 bridgehead atoms. The molecule has 164 valence electrons. The smallest absolute Gasteiger partial charge is 0.228 e. The number of rotatable bonds is 5. The Bertz CT molecular complexity index is 1440. The van der Waals surface area contributed by atoms with Crippen LogP contribution in [0.5, 0.6) is 0 Å². The fourth-order valence-corrected chi connectivity index (χ4v) is 4.47. The molecule has 0 saturated carbocycles. The minimum atomic E-state index is 0.277. The van der Waals surface area contributed by atoms with Crippen molar-refractivity contribution in [2.45, 2.75) is 12.3 Å². The molecular weight excluding hydrogens is 414 g/mol. The van der Waals surface area contributed by atoms with Crippen molar-refractivity contribution in [2.24, 2.45) is 7.05 Å². The summed E-state index contributed by atoms with van der Waals surface area (Å²) in [5.74, 6) is 3.69. The molecule has 5 aromatic rings. The fraction of sp³-hybridized carbons (Fsp3) is 0.208. The minimum Gasteiger partial charge on any atom is -0.360 e. The van der Waals surface area contributed by atoms with Crippen molar-refractivity contribution in [1.82, 2.24) is 34.3 Å². The number of hydrogen-bond acceptors (Lipinski definition) is 7. The van der Waals surface area contributed by atoms with Gasteiger partial charge in [-0.2, -0.15) is 5.10 Å². The zero-order valence-corrected chi connectivity index (χ0v) is 18.4. The van der Waals surface area contributed by atoms with Crippen molar-refractivity contribution in [3.8, 4) is 11.3 Å². The molecule has 0 fully saturated rings. The van der Waals surface area contributed by atoms with Gasteiger partial charge in [-0.1, -0.05) is 30.3 Å². The predicted octanol–water partition coefficient (Wildman–Crippen LogP) is 3.44. The number of pyridine rings is 1. The number of aromatic nitrogens is 7. The van der Waals surface area contributed by atoms with Gasteiger partial charge in [-0.05, 0) is 30.2 Å². The normalized spacial score (nSPS) is 15.2. The van der Waals surface area contributed by atoms with Gasteiger partial charge in [0.15, 0.2) is 5.65 Å². The van der Waals surface area contributed by atoms with Crippen molar-refractivity contribution < 1.29 is 0 Å². The van der Waals surface area contributed by atoms with Gasteiger partial charge < -0.3 is 10.2 Å². The third-order valence-electron chi connectivity index (χ3n) is 6.10. The topological polar surface area (TPSA) is 89.1 Å². The summed E-state index contributed by atoms with van der Waals surface area (Å²) < 4.78 is 3.90. The van der Waals surface area contributed by atoms with Crippen LogP contribution in [0, 0.1) is 0 Å². The maximum atomic E-state index is 4.72. The largest absolute Gasteiger partial charge is 0.360 e. The number of likely N-dealkylation sites (N-methyl/N-ethyl adjacent to an activating group) is 1. The summed E-state index contributed by atoms with van der Waals surface area (Å²) in [6.45, 7) is 0.878. The highest BCUT2D eigenvalue weighted by molar-refractivity contribution is 5.71. The second kappa shape index (κ2) is 7.70. The molecule has 1 unspecified atom stereocenters. The zero-order chi connectivity index (χ0) is 22.4. The van der Waals surface area contributed by atoms with Gasteiger partial charge in [0, 0.05) is 44.4 Å². The number of nitrogens with one attached hydrogen (secondary N) is 1. The lowest BCUT2D eigenvalue weighted by molar-refractivity contribution is 0.589. The van der Waals surface area contributed by atoms with E-state index in [1.54, 1.807) is 17.1 Å². The van der Waals surface area contributed by atoms with Crippen molar-refractivity contribution in [3.63, 3.8) is 0 Å². The highest BCUT2D eigenvalue weighted by Gasteiger charge is 2.28. The first-order valence-corrected chi connectivity index (χ1v) is 10.9. The third-order valence-corrected chi connectivity index (χ3v) is 6.10. The van der Waals surface area contributed by atoms with E-state index in [0.29, 0.717) is 5.95 Å². The maximum Gasteiger partial charge on any atom is 0.228 e. The quantitative estimate of drug-likeness (QED) is 0.450. The summed E-state index contributed by atoms with van der Waals surface area (Å²) in [7, 11) is 3.99. The highest BCUT2D eigenvalue weighted by atomic mass is 15.3. The molecule has 0 amide bonds. The molecule has 0 saturated heterocycles. The van der Waals surface area contributed by atoms with E-state index in [1.807, 2.05) is 31.3 Å². The first-order valence-electron chi connectivity index (χ1n) is 10.9. The molecular formula is C24H23N9. The van der Waals surface area contributed by atoms with Crippen LogP contribution in [0.3, 0.4) is 0 Å². The highest BCUT2D eigenvalue weighted by Crippen LogP contribution is 2.34. The minimum absolute atomic E-state index is 0.277. The first kappa shape index (κ1) is 19.4. The van der Waals surface area contributed by atoms with E-state index in [0.717, 1.165) is 47.3 Å². The second-order valence-electron chi connectivity index (χ2n) is 8.35. The van der Waals surface area contributed by atoms with Crippen LogP contribution in [-0.2, 0) is 13.5 Å². The van der Waals surface area contributed by atoms with Crippen molar-refractivity contribution in [1.29, 1.82) is 0 Å². The van der Waals surface area contributed by atoms with E-state index in [4.69, 9.17) is 4.98 Å². The van der Waals surface area contributed by atoms with Gasteiger partial charge >= 0.3 is 0 Å². The monoisotopic (exact) mass is 437 g/mol. The average Bonchev–Trinajstić information content (AvgIpc) is 3.44.